The van der Waals surface area contributed by atoms with Crippen LogP contribution in [0.15, 0.2) is 12.1 Å². The predicted octanol–water partition coefficient (Wildman–Crippen LogP) is 1.20. The topological polar surface area (TPSA) is 55.1 Å². The van der Waals surface area contributed by atoms with Gasteiger partial charge < -0.3 is 11.1 Å². The summed E-state index contributed by atoms with van der Waals surface area (Å²) in [4.78, 5) is 11.2. The van der Waals surface area contributed by atoms with Crippen molar-refractivity contribution in [2.24, 2.45) is 5.73 Å². The van der Waals surface area contributed by atoms with Crippen molar-refractivity contribution in [3.8, 4) is 0 Å². The van der Waals surface area contributed by atoms with Gasteiger partial charge in [0.05, 0.1) is 6.42 Å². The number of fused-ring (bicyclic) bond motifs is 1. The zero-order chi connectivity index (χ0) is 10.1. The summed E-state index contributed by atoms with van der Waals surface area (Å²) in [6.07, 6.45) is 1.42. The Balaban J connectivity index is 2.51. The maximum atomic E-state index is 11.2. The first kappa shape index (κ1) is 9.21. The van der Waals surface area contributed by atoms with Crippen LogP contribution >= 0.6 is 0 Å². The maximum Gasteiger partial charge on any atom is 0.228 e. The van der Waals surface area contributed by atoms with E-state index in [1.54, 1.807) is 0 Å². The first-order valence-electron chi connectivity index (χ1n) is 4.89. The van der Waals surface area contributed by atoms with Gasteiger partial charge in [-0.2, -0.15) is 0 Å². The number of carbonyl (C=O) groups is 1. The third-order valence-electron chi connectivity index (χ3n) is 2.59. The quantitative estimate of drug-likeness (QED) is 0.736. The highest BCUT2D eigenvalue weighted by Gasteiger charge is 2.20. The maximum absolute atomic E-state index is 11.2. The third kappa shape index (κ3) is 1.40. The molecular weight excluding hydrogens is 176 g/mol. The Morgan fingerprint density at radius 2 is 2.29 bits per heavy atom. The van der Waals surface area contributed by atoms with Crippen LogP contribution < -0.4 is 11.1 Å². The lowest BCUT2D eigenvalue weighted by Gasteiger charge is -2.08. The summed E-state index contributed by atoms with van der Waals surface area (Å²) in [7, 11) is 0. The Morgan fingerprint density at radius 3 is 2.93 bits per heavy atom. The number of nitrogens with two attached hydrogens (primary N) is 1. The summed E-state index contributed by atoms with van der Waals surface area (Å²) in [5, 5.41) is 2.89. The van der Waals surface area contributed by atoms with Crippen molar-refractivity contribution < 1.29 is 4.79 Å². The van der Waals surface area contributed by atoms with Gasteiger partial charge in [0, 0.05) is 12.2 Å². The fraction of sp³-hybridized carbons (Fsp3) is 0.364. The van der Waals surface area contributed by atoms with Crippen LogP contribution in [0.4, 0.5) is 5.69 Å². The minimum Gasteiger partial charge on any atom is -0.326 e. The lowest BCUT2D eigenvalue weighted by atomic mass is 10.0. The minimum atomic E-state index is 0.0869. The summed E-state index contributed by atoms with van der Waals surface area (Å²) in [5.74, 6) is 0.0869. The van der Waals surface area contributed by atoms with Crippen molar-refractivity contribution in [2.45, 2.75) is 26.3 Å². The normalized spacial score (nSPS) is 14.0. The molecule has 0 bridgehead atoms. The first-order chi connectivity index (χ1) is 6.74. The van der Waals surface area contributed by atoms with E-state index in [-0.39, 0.29) is 5.91 Å². The second-order valence-electron chi connectivity index (χ2n) is 3.57. The van der Waals surface area contributed by atoms with Gasteiger partial charge in [0.1, 0.15) is 0 Å². The molecule has 0 fully saturated rings. The molecule has 0 aromatic heterocycles. The summed E-state index contributed by atoms with van der Waals surface area (Å²) in [6.45, 7) is 2.62. The fourth-order valence-corrected chi connectivity index (χ4v) is 1.89. The second-order valence-corrected chi connectivity index (χ2v) is 3.57. The molecule has 0 aliphatic carbocycles. The average molecular weight is 190 g/mol. The van der Waals surface area contributed by atoms with Gasteiger partial charge in [-0.1, -0.05) is 19.1 Å². The summed E-state index contributed by atoms with van der Waals surface area (Å²) < 4.78 is 0. The molecule has 1 aromatic rings. The van der Waals surface area contributed by atoms with Gasteiger partial charge in [-0.15, -0.1) is 0 Å². The van der Waals surface area contributed by atoms with Crippen molar-refractivity contribution in [3.05, 3.63) is 28.8 Å². The van der Waals surface area contributed by atoms with Gasteiger partial charge in [0.25, 0.3) is 0 Å². The Kier molecular flexibility index (Phi) is 2.25. The summed E-state index contributed by atoms with van der Waals surface area (Å²) in [6, 6.07) is 4.09. The summed E-state index contributed by atoms with van der Waals surface area (Å²) >= 11 is 0. The molecular formula is C11H14N2O. The van der Waals surface area contributed by atoms with E-state index >= 15 is 0 Å². The van der Waals surface area contributed by atoms with Gasteiger partial charge in [-0.25, -0.2) is 0 Å². The third-order valence-corrected chi connectivity index (χ3v) is 2.59. The van der Waals surface area contributed by atoms with Crippen molar-refractivity contribution in [1.29, 1.82) is 0 Å². The Hall–Kier alpha value is -1.35. The molecule has 1 heterocycles. The number of amides is 1. The molecule has 3 N–H and O–H groups in total. The zero-order valence-corrected chi connectivity index (χ0v) is 8.26. The van der Waals surface area contributed by atoms with E-state index in [4.69, 9.17) is 5.73 Å². The monoisotopic (exact) mass is 190 g/mol. The fourth-order valence-electron chi connectivity index (χ4n) is 1.89. The molecule has 0 unspecified atom stereocenters. The molecule has 3 nitrogen and oxygen atoms in total. The highest BCUT2D eigenvalue weighted by Crippen LogP contribution is 2.29. The van der Waals surface area contributed by atoms with Crippen LogP contribution in [0, 0.1) is 0 Å². The van der Waals surface area contributed by atoms with Gasteiger partial charge in [-0.05, 0) is 23.1 Å². The van der Waals surface area contributed by atoms with Gasteiger partial charge in [-0.3, -0.25) is 4.79 Å². The lowest BCUT2D eigenvalue weighted by Crippen LogP contribution is -2.05. The molecule has 0 saturated carbocycles. The van der Waals surface area contributed by atoms with Crippen molar-refractivity contribution in [1.82, 2.24) is 0 Å². The Morgan fingerprint density at radius 1 is 1.50 bits per heavy atom. The number of benzene rings is 1. The zero-order valence-electron chi connectivity index (χ0n) is 8.26. The van der Waals surface area contributed by atoms with E-state index < -0.39 is 0 Å². The number of hydrogen-bond acceptors (Lipinski definition) is 2. The van der Waals surface area contributed by atoms with Crippen LogP contribution in [-0.2, 0) is 24.2 Å². The molecule has 74 valence electrons. The number of rotatable bonds is 2. The number of nitrogens with one attached hydrogen (secondary N) is 1. The minimum absolute atomic E-state index is 0.0869. The molecule has 2 rings (SSSR count). The first-order valence-corrected chi connectivity index (χ1v) is 4.89. The van der Waals surface area contributed by atoms with Crippen LogP contribution in [0.3, 0.4) is 0 Å². The van der Waals surface area contributed by atoms with Gasteiger partial charge in [0.2, 0.25) is 5.91 Å². The van der Waals surface area contributed by atoms with Crippen LogP contribution in [0.5, 0.6) is 0 Å². The van der Waals surface area contributed by atoms with E-state index in [9.17, 15) is 4.79 Å². The standard InChI is InChI=1S/C11H14N2O/c1-2-8-3-7(6-12)4-9-5-10(14)13-11(8)9/h3-4H,2,5-6,12H2,1H3,(H,13,14). The van der Waals surface area contributed by atoms with Crippen LogP contribution in [0.2, 0.25) is 0 Å². The molecule has 0 saturated heterocycles. The Bertz CT molecular complexity index is 385. The van der Waals surface area contributed by atoms with Gasteiger partial charge >= 0.3 is 0 Å². The highest BCUT2D eigenvalue weighted by molar-refractivity contribution is 6.00. The van der Waals surface area contributed by atoms with Crippen molar-refractivity contribution >= 4 is 11.6 Å². The number of hydrogen-bond donors (Lipinski definition) is 2. The van der Waals surface area contributed by atoms with Crippen molar-refractivity contribution in [2.75, 3.05) is 5.32 Å². The molecule has 1 aliphatic rings. The number of anilines is 1. The van der Waals surface area contributed by atoms with Crippen LogP contribution in [0.25, 0.3) is 0 Å². The molecule has 14 heavy (non-hydrogen) atoms. The molecule has 0 spiro atoms. The second kappa shape index (κ2) is 3.42. The molecule has 0 radical (unpaired) electrons. The van der Waals surface area contributed by atoms with Crippen molar-refractivity contribution in [3.63, 3.8) is 0 Å². The average Bonchev–Trinajstić information content (AvgIpc) is 2.56. The van der Waals surface area contributed by atoms with E-state index in [2.05, 4.69) is 18.3 Å². The molecule has 3 heteroatoms. The molecule has 1 aliphatic heterocycles. The van der Waals surface area contributed by atoms with Crippen LogP contribution in [0.1, 0.15) is 23.6 Å². The van der Waals surface area contributed by atoms with E-state index in [0.717, 1.165) is 23.2 Å². The Labute approximate surface area is 83.3 Å². The number of carbonyl (C=O) groups excluding carboxylic acids is 1. The largest absolute Gasteiger partial charge is 0.326 e. The number of aryl methyl sites for hydroxylation is 1. The highest BCUT2D eigenvalue weighted by atomic mass is 16.1. The SMILES string of the molecule is CCc1cc(CN)cc2c1NC(=O)C2. The molecule has 1 amide bonds. The molecule has 1 aromatic carbocycles. The van der Waals surface area contributed by atoms with E-state index in [1.165, 1.54) is 5.56 Å². The lowest BCUT2D eigenvalue weighted by molar-refractivity contribution is -0.115. The predicted molar refractivity (Wildman–Crippen MR) is 56.0 cm³/mol. The summed E-state index contributed by atoms with van der Waals surface area (Å²) in [5.41, 5.74) is 10.00. The van der Waals surface area contributed by atoms with E-state index in [0.29, 0.717) is 13.0 Å². The van der Waals surface area contributed by atoms with Crippen LogP contribution in [-0.4, -0.2) is 5.91 Å². The smallest absolute Gasteiger partial charge is 0.228 e. The van der Waals surface area contributed by atoms with Gasteiger partial charge in [0.15, 0.2) is 0 Å². The van der Waals surface area contributed by atoms with E-state index in [1.807, 2.05) is 6.07 Å². The molecule has 0 atom stereocenters.